The number of hydrogen-bond acceptors (Lipinski definition) is 3. The van der Waals surface area contributed by atoms with Crippen molar-refractivity contribution in [1.82, 2.24) is 9.88 Å². The van der Waals surface area contributed by atoms with E-state index in [4.69, 9.17) is 4.74 Å². The number of aromatic amines is 1. The summed E-state index contributed by atoms with van der Waals surface area (Å²) >= 11 is 0. The molecule has 1 saturated heterocycles. The summed E-state index contributed by atoms with van der Waals surface area (Å²) in [6.45, 7) is 2.10. The highest BCUT2D eigenvalue weighted by Crippen LogP contribution is 2.21. The van der Waals surface area contributed by atoms with Crippen LogP contribution in [0.2, 0.25) is 0 Å². The normalized spacial score (nSPS) is 16.1. The van der Waals surface area contributed by atoms with Gasteiger partial charge in [-0.05, 0) is 48.6 Å². The molecule has 0 unspecified atom stereocenters. The second kappa shape index (κ2) is 9.35. The molecule has 5 heteroatoms. The van der Waals surface area contributed by atoms with Crippen LogP contribution >= 0.6 is 0 Å². The molecule has 158 valence electrons. The van der Waals surface area contributed by atoms with E-state index in [1.54, 1.807) is 0 Å². The van der Waals surface area contributed by atoms with Gasteiger partial charge in [0.1, 0.15) is 0 Å². The number of carbonyl (C=O) groups excluding carboxylic acids is 1. The topological polar surface area (TPSA) is 48.6 Å². The Kier molecular flexibility index (Phi) is 6.38. The van der Waals surface area contributed by atoms with Gasteiger partial charge < -0.3 is 19.5 Å². The largest absolute Gasteiger partial charge is 0.378 e. The maximum Gasteiger partial charge on any atom is 0.223 e. The number of hydrogen-bond donors (Lipinski definition) is 1. The van der Waals surface area contributed by atoms with E-state index < -0.39 is 0 Å². The number of rotatable bonds is 8. The third-order valence-electron chi connectivity index (χ3n) is 5.91. The van der Waals surface area contributed by atoms with Gasteiger partial charge in [-0.1, -0.05) is 30.3 Å². The summed E-state index contributed by atoms with van der Waals surface area (Å²) in [5.41, 5.74) is 4.64. The number of para-hydroxylation sites is 1. The van der Waals surface area contributed by atoms with Gasteiger partial charge in [0.25, 0.3) is 0 Å². The molecule has 1 N–H and O–H groups in total. The van der Waals surface area contributed by atoms with E-state index >= 15 is 0 Å². The summed E-state index contributed by atoms with van der Waals surface area (Å²) in [7, 11) is 4.07. The van der Waals surface area contributed by atoms with Crippen molar-refractivity contribution in [3.63, 3.8) is 0 Å². The Balaban J connectivity index is 1.44. The highest BCUT2D eigenvalue weighted by molar-refractivity contribution is 5.84. The van der Waals surface area contributed by atoms with E-state index in [0.717, 1.165) is 42.6 Å². The number of nitrogens with one attached hydrogen (secondary N) is 1. The number of fused-ring (bicyclic) bond motifs is 1. The van der Waals surface area contributed by atoms with Gasteiger partial charge in [0, 0.05) is 63.0 Å². The van der Waals surface area contributed by atoms with E-state index in [-0.39, 0.29) is 12.0 Å². The lowest BCUT2D eigenvalue weighted by Gasteiger charge is -2.26. The van der Waals surface area contributed by atoms with Gasteiger partial charge >= 0.3 is 0 Å². The predicted molar refractivity (Wildman–Crippen MR) is 122 cm³/mol. The van der Waals surface area contributed by atoms with E-state index in [9.17, 15) is 4.79 Å². The average Bonchev–Trinajstić information content (AvgIpc) is 3.42. The third-order valence-corrected chi connectivity index (χ3v) is 5.91. The SMILES string of the molecule is CN(C)c1ccc(CN(C[C@@H]2CCCO2)C(=O)CCc2c[nH]c3ccccc23)cc1. The summed E-state index contributed by atoms with van der Waals surface area (Å²) in [6.07, 6.45) is 5.55. The molecule has 0 saturated carbocycles. The van der Waals surface area contributed by atoms with Crippen LogP contribution in [-0.4, -0.2) is 49.1 Å². The Morgan fingerprint density at radius 2 is 1.93 bits per heavy atom. The smallest absolute Gasteiger partial charge is 0.223 e. The zero-order valence-corrected chi connectivity index (χ0v) is 17.9. The van der Waals surface area contributed by atoms with Crippen molar-refractivity contribution in [2.75, 3.05) is 32.1 Å². The van der Waals surface area contributed by atoms with Crippen LogP contribution in [0.5, 0.6) is 0 Å². The maximum atomic E-state index is 13.2. The molecular formula is C25H31N3O2. The quantitative estimate of drug-likeness (QED) is 0.605. The molecule has 0 radical (unpaired) electrons. The Bertz CT molecular complexity index is 971. The molecule has 5 nitrogen and oxygen atoms in total. The van der Waals surface area contributed by atoms with E-state index in [1.807, 2.05) is 37.3 Å². The number of H-pyrrole nitrogens is 1. The standard InChI is InChI=1S/C25H31N3O2/c1-27(2)21-12-9-19(10-13-21)17-28(18-22-6-5-15-30-22)25(29)14-11-20-16-26-24-8-4-3-7-23(20)24/h3-4,7-10,12-13,16,22,26H,5-6,11,14-15,17-18H2,1-2H3/t22-/m0/s1. The minimum absolute atomic E-state index is 0.156. The Hall–Kier alpha value is -2.79. The molecule has 2 heterocycles. The Morgan fingerprint density at radius 3 is 2.67 bits per heavy atom. The molecule has 1 atom stereocenters. The number of nitrogens with zero attached hydrogens (tertiary/aromatic N) is 2. The molecular weight excluding hydrogens is 374 g/mol. The highest BCUT2D eigenvalue weighted by atomic mass is 16.5. The minimum Gasteiger partial charge on any atom is -0.378 e. The van der Waals surface area contributed by atoms with Gasteiger partial charge in [-0.25, -0.2) is 0 Å². The average molecular weight is 406 g/mol. The summed E-state index contributed by atoms with van der Waals surface area (Å²) in [6, 6.07) is 16.7. The Morgan fingerprint density at radius 1 is 1.13 bits per heavy atom. The lowest BCUT2D eigenvalue weighted by atomic mass is 10.1. The zero-order chi connectivity index (χ0) is 20.9. The molecule has 3 aromatic rings. The van der Waals surface area contributed by atoms with Crippen molar-refractivity contribution in [2.45, 2.75) is 38.3 Å². The first-order valence-corrected chi connectivity index (χ1v) is 10.8. The second-order valence-corrected chi connectivity index (χ2v) is 8.33. The molecule has 0 bridgehead atoms. The van der Waals surface area contributed by atoms with Crippen molar-refractivity contribution < 1.29 is 9.53 Å². The molecule has 1 amide bonds. The van der Waals surface area contributed by atoms with Crippen molar-refractivity contribution >= 4 is 22.5 Å². The number of benzene rings is 2. The fourth-order valence-electron chi connectivity index (χ4n) is 4.15. The predicted octanol–water partition coefficient (Wildman–Crippen LogP) is 4.37. The van der Waals surface area contributed by atoms with Crippen LogP contribution in [0.15, 0.2) is 54.7 Å². The number of aryl methyl sites for hydroxylation is 1. The van der Waals surface area contributed by atoms with Crippen molar-refractivity contribution in [1.29, 1.82) is 0 Å². The number of anilines is 1. The number of carbonyl (C=O) groups is 1. The van der Waals surface area contributed by atoms with Crippen LogP contribution in [0.4, 0.5) is 5.69 Å². The van der Waals surface area contributed by atoms with Gasteiger partial charge in [0.05, 0.1) is 6.10 Å². The molecule has 0 spiro atoms. The molecule has 1 fully saturated rings. The van der Waals surface area contributed by atoms with Gasteiger partial charge in [-0.3, -0.25) is 4.79 Å². The molecule has 1 aromatic heterocycles. The molecule has 1 aliphatic rings. The van der Waals surface area contributed by atoms with Crippen LogP contribution in [0.25, 0.3) is 10.9 Å². The van der Waals surface area contributed by atoms with Crippen LogP contribution in [0.3, 0.4) is 0 Å². The summed E-state index contributed by atoms with van der Waals surface area (Å²) in [5, 5.41) is 1.20. The van der Waals surface area contributed by atoms with Crippen molar-refractivity contribution in [3.8, 4) is 0 Å². The summed E-state index contributed by atoms with van der Waals surface area (Å²) in [4.78, 5) is 20.6. The fourth-order valence-corrected chi connectivity index (χ4v) is 4.15. The lowest BCUT2D eigenvalue weighted by molar-refractivity contribution is -0.133. The summed E-state index contributed by atoms with van der Waals surface area (Å²) in [5.74, 6) is 0.187. The van der Waals surface area contributed by atoms with Gasteiger partial charge in [0.2, 0.25) is 5.91 Å². The van der Waals surface area contributed by atoms with E-state index in [2.05, 4.69) is 46.3 Å². The van der Waals surface area contributed by atoms with Crippen LogP contribution in [0, 0.1) is 0 Å². The van der Waals surface area contributed by atoms with Crippen LogP contribution < -0.4 is 4.90 Å². The molecule has 1 aliphatic heterocycles. The zero-order valence-electron chi connectivity index (χ0n) is 17.9. The van der Waals surface area contributed by atoms with Gasteiger partial charge in [-0.15, -0.1) is 0 Å². The van der Waals surface area contributed by atoms with Crippen LogP contribution in [0.1, 0.15) is 30.4 Å². The van der Waals surface area contributed by atoms with Gasteiger partial charge in [-0.2, -0.15) is 0 Å². The maximum absolute atomic E-state index is 13.2. The molecule has 2 aromatic carbocycles. The first kappa shape index (κ1) is 20.5. The minimum atomic E-state index is 0.156. The fraction of sp³-hybridized carbons (Fsp3) is 0.400. The van der Waals surface area contributed by atoms with E-state index in [1.165, 1.54) is 10.9 Å². The third kappa shape index (κ3) is 4.85. The Labute approximate surface area is 178 Å². The second-order valence-electron chi connectivity index (χ2n) is 8.33. The van der Waals surface area contributed by atoms with Crippen molar-refractivity contribution in [3.05, 3.63) is 65.9 Å². The number of amides is 1. The van der Waals surface area contributed by atoms with E-state index in [0.29, 0.717) is 19.5 Å². The molecule has 0 aliphatic carbocycles. The lowest BCUT2D eigenvalue weighted by Crippen LogP contribution is -2.37. The van der Waals surface area contributed by atoms with Crippen LogP contribution in [-0.2, 0) is 22.5 Å². The van der Waals surface area contributed by atoms with Gasteiger partial charge in [0.15, 0.2) is 0 Å². The highest BCUT2D eigenvalue weighted by Gasteiger charge is 2.23. The first-order valence-electron chi connectivity index (χ1n) is 10.8. The number of ether oxygens (including phenoxy) is 1. The molecule has 4 rings (SSSR count). The number of aromatic nitrogens is 1. The first-order chi connectivity index (χ1) is 14.6. The molecule has 30 heavy (non-hydrogen) atoms. The monoisotopic (exact) mass is 405 g/mol. The summed E-state index contributed by atoms with van der Waals surface area (Å²) < 4.78 is 5.82. The van der Waals surface area contributed by atoms with Crippen molar-refractivity contribution in [2.24, 2.45) is 0 Å².